The number of hydrogen-bond donors (Lipinski definition) is 0. The average molecular weight is 115 g/mol. The molecule has 0 atom stereocenters. The van der Waals surface area contributed by atoms with Gasteiger partial charge >= 0.3 is 12.3 Å². The number of hydrogen-bond acceptors (Lipinski definition) is 0. The van der Waals surface area contributed by atoms with Gasteiger partial charge in [0.05, 0.1) is 0 Å². The van der Waals surface area contributed by atoms with Crippen LogP contribution in [-0.2, 0) is 0 Å². The molecule has 0 aliphatic rings. The molecule has 0 nitrogen and oxygen atoms in total. The molecule has 7 heavy (non-hydrogen) atoms. The van der Waals surface area contributed by atoms with E-state index in [0.29, 0.717) is 0 Å². The van der Waals surface area contributed by atoms with Crippen molar-refractivity contribution in [2.45, 2.75) is 12.8 Å². The lowest BCUT2D eigenvalue weighted by Crippen LogP contribution is -2.13. The maximum absolute atomic E-state index is 11.1. The summed E-state index contributed by atoms with van der Waals surface area (Å²) in [6, 6.07) is 0. The first-order valence-corrected chi connectivity index (χ1v) is 1.51. The summed E-state index contributed by atoms with van der Waals surface area (Å²) in [6.07, 6.45) is -2.84. The minimum Gasteiger partial charge on any atom is -0.200 e. The first kappa shape index (κ1) is 6.72. The summed E-state index contributed by atoms with van der Waals surface area (Å²) >= 11 is 0. The van der Waals surface area contributed by atoms with Crippen LogP contribution >= 0.6 is 0 Å². The van der Waals surface area contributed by atoms with Gasteiger partial charge in [0, 0.05) is 6.92 Å². The molecule has 0 aliphatic carbocycles. The summed E-state index contributed by atoms with van der Waals surface area (Å²) in [5.74, 6) is -3.92. The van der Waals surface area contributed by atoms with Gasteiger partial charge in [-0.2, -0.15) is 17.6 Å². The van der Waals surface area contributed by atoms with Gasteiger partial charge in [-0.1, -0.05) is 0 Å². The average Bonchev–Trinajstić information content (AvgIpc) is 1.31. The van der Waals surface area contributed by atoms with Crippen molar-refractivity contribution in [3.05, 3.63) is 6.43 Å². The largest absolute Gasteiger partial charge is 0.377 e. The SMILES string of the molecule is CC(F)(F)[C](F)F. The van der Waals surface area contributed by atoms with Crippen LogP contribution in [-0.4, -0.2) is 5.92 Å². The third-order valence-corrected chi connectivity index (χ3v) is 0.332. The standard InChI is InChI=1S/C3H3F4/c1-3(6,7)2(4)5/h1H3. The molecule has 0 spiro atoms. The maximum atomic E-state index is 11.1. The van der Waals surface area contributed by atoms with Gasteiger partial charge in [0.2, 0.25) is 0 Å². The molecule has 0 unspecified atom stereocenters. The first-order valence-electron chi connectivity index (χ1n) is 1.51. The van der Waals surface area contributed by atoms with Gasteiger partial charge in [-0.05, 0) is 0 Å². The lowest BCUT2D eigenvalue weighted by atomic mass is 10.4. The third kappa shape index (κ3) is 2.42. The van der Waals surface area contributed by atoms with E-state index in [1.54, 1.807) is 0 Å². The van der Waals surface area contributed by atoms with Crippen molar-refractivity contribution in [2.24, 2.45) is 0 Å². The van der Waals surface area contributed by atoms with Crippen molar-refractivity contribution in [1.82, 2.24) is 0 Å². The summed E-state index contributed by atoms with van der Waals surface area (Å²) in [7, 11) is 0. The Morgan fingerprint density at radius 1 is 1.29 bits per heavy atom. The molecule has 0 bridgehead atoms. The molecule has 0 fully saturated rings. The van der Waals surface area contributed by atoms with Crippen LogP contribution in [0, 0.1) is 6.43 Å². The Kier molecular flexibility index (Phi) is 1.61. The van der Waals surface area contributed by atoms with E-state index in [9.17, 15) is 17.6 Å². The van der Waals surface area contributed by atoms with Gasteiger partial charge in [0.15, 0.2) is 0 Å². The zero-order chi connectivity index (χ0) is 6.08. The van der Waals surface area contributed by atoms with Gasteiger partial charge in [-0.25, -0.2) is 0 Å². The van der Waals surface area contributed by atoms with Gasteiger partial charge in [-0.15, -0.1) is 0 Å². The van der Waals surface area contributed by atoms with E-state index in [-0.39, 0.29) is 6.92 Å². The molecule has 0 amide bonds. The van der Waals surface area contributed by atoms with Crippen LogP contribution in [0.5, 0.6) is 0 Å². The highest BCUT2D eigenvalue weighted by Crippen LogP contribution is 2.27. The van der Waals surface area contributed by atoms with E-state index in [1.165, 1.54) is 0 Å². The van der Waals surface area contributed by atoms with Crippen LogP contribution in [0.15, 0.2) is 0 Å². The number of rotatable bonds is 1. The zero-order valence-electron chi connectivity index (χ0n) is 3.51. The topological polar surface area (TPSA) is 0 Å². The van der Waals surface area contributed by atoms with Crippen LogP contribution in [0.4, 0.5) is 17.6 Å². The fraction of sp³-hybridized carbons (Fsp3) is 0.667. The van der Waals surface area contributed by atoms with Gasteiger partial charge < -0.3 is 0 Å². The van der Waals surface area contributed by atoms with Crippen molar-refractivity contribution in [1.29, 1.82) is 0 Å². The van der Waals surface area contributed by atoms with Crippen molar-refractivity contribution >= 4 is 0 Å². The monoisotopic (exact) mass is 115 g/mol. The van der Waals surface area contributed by atoms with Crippen LogP contribution < -0.4 is 0 Å². The second-order valence-electron chi connectivity index (χ2n) is 1.15. The lowest BCUT2D eigenvalue weighted by molar-refractivity contribution is -0.0426. The summed E-state index contributed by atoms with van der Waals surface area (Å²) in [5.41, 5.74) is 0. The zero-order valence-corrected chi connectivity index (χ0v) is 3.51. The molecule has 1 radical (unpaired) electrons. The summed E-state index contributed by atoms with van der Waals surface area (Å²) in [5, 5.41) is 0. The van der Waals surface area contributed by atoms with E-state index in [2.05, 4.69) is 0 Å². The molecule has 0 aromatic rings. The smallest absolute Gasteiger partial charge is 0.200 e. The highest BCUT2D eigenvalue weighted by atomic mass is 19.3. The summed E-state index contributed by atoms with van der Waals surface area (Å²) in [6.45, 7) is 0.141. The van der Waals surface area contributed by atoms with Crippen LogP contribution in [0.2, 0.25) is 0 Å². The molecule has 0 heterocycles. The predicted molar refractivity (Wildman–Crippen MR) is 16.1 cm³/mol. The van der Waals surface area contributed by atoms with Gasteiger partial charge in [-0.3, -0.25) is 0 Å². The Balaban J connectivity index is 3.54. The summed E-state index contributed by atoms with van der Waals surface area (Å²) < 4.78 is 43.5. The Morgan fingerprint density at radius 2 is 1.43 bits per heavy atom. The highest BCUT2D eigenvalue weighted by molar-refractivity contribution is 4.76. The van der Waals surface area contributed by atoms with Gasteiger partial charge in [0.25, 0.3) is 0 Å². The highest BCUT2D eigenvalue weighted by Gasteiger charge is 2.36. The molecule has 0 aromatic carbocycles. The molecule has 0 saturated heterocycles. The van der Waals surface area contributed by atoms with Crippen molar-refractivity contribution in [3.8, 4) is 0 Å². The lowest BCUT2D eigenvalue weighted by Gasteiger charge is -2.03. The number of alkyl halides is 2. The Labute approximate surface area is 38.1 Å². The molecule has 43 valence electrons. The van der Waals surface area contributed by atoms with Crippen molar-refractivity contribution in [3.63, 3.8) is 0 Å². The Bertz CT molecular complexity index is 52.4. The maximum Gasteiger partial charge on any atom is 0.377 e. The summed E-state index contributed by atoms with van der Waals surface area (Å²) in [4.78, 5) is 0. The first-order chi connectivity index (χ1) is 2.94. The fourth-order valence-electron chi connectivity index (χ4n) is 0. The molecule has 0 saturated carbocycles. The van der Waals surface area contributed by atoms with E-state index >= 15 is 0 Å². The van der Waals surface area contributed by atoms with Crippen LogP contribution in [0.25, 0.3) is 0 Å². The van der Waals surface area contributed by atoms with E-state index in [1.807, 2.05) is 0 Å². The van der Waals surface area contributed by atoms with E-state index < -0.39 is 12.3 Å². The van der Waals surface area contributed by atoms with Crippen LogP contribution in [0.1, 0.15) is 6.92 Å². The van der Waals surface area contributed by atoms with Gasteiger partial charge in [0.1, 0.15) is 0 Å². The normalized spacial score (nSPS) is 12.9. The number of halogens is 4. The van der Waals surface area contributed by atoms with Crippen molar-refractivity contribution < 1.29 is 17.6 Å². The quantitative estimate of drug-likeness (QED) is 0.459. The molecule has 0 aliphatic heterocycles. The molecule has 0 N–H and O–H groups in total. The Morgan fingerprint density at radius 3 is 1.43 bits per heavy atom. The third-order valence-electron chi connectivity index (χ3n) is 0.332. The fourth-order valence-corrected chi connectivity index (χ4v) is 0. The van der Waals surface area contributed by atoms with E-state index in [0.717, 1.165) is 0 Å². The molecular weight excluding hydrogens is 112 g/mol. The second-order valence-corrected chi connectivity index (χ2v) is 1.15. The Hall–Kier alpha value is -0.280. The predicted octanol–water partition coefficient (Wildman–Crippen LogP) is 2.07. The van der Waals surface area contributed by atoms with Crippen LogP contribution in [0.3, 0.4) is 0 Å². The molecule has 0 aromatic heterocycles. The van der Waals surface area contributed by atoms with Crippen molar-refractivity contribution in [2.75, 3.05) is 0 Å². The minimum absolute atomic E-state index is 0.141. The minimum atomic E-state index is -3.92. The molecule has 4 heteroatoms. The second kappa shape index (κ2) is 1.68. The molecule has 0 rings (SSSR count). The van der Waals surface area contributed by atoms with E-state index in [4.69, 9.17) is 0 Å². The molecular formula is C3H3F4.